The smallest absolute Gasteiger partial charge is 0.870 e. The fourth-order valence-corrected chi connectivity index (χ4v) is 4.25. The second-order valence-corrected chi connectivity index (χ2v) is 9.89. The predicted molar refractivity (Wildman–Crippen MR) is 127 cm³/mol. The molecule has 2 aromatic rings. The first-order valence-corrected chi connectivity index (χ1v) is 13.4. The zero-order valence-electron chi connectivity index (χ0n) is 20.2. The second-order valence-electron chi connectivity index (χ2n) is 8.47. The zero-order valence-corrected chi connectivity index (χ0v) is 24.2. The fraction of sp³-hybridized carbons (Fsp3) is 0.538. The van der Waals surface area contributed by atoms with E-state index < -0.39 is 20.8 Å². The molecule has 0 saturated heterocycles. The van der Waals surface area contributed by atoms with E-state index in [-0.39, 0.29) is 57.1 Å². The molecule has 33 heavy (non-hydrogen) atoms. The van der Waals surface area contributed by atoms with Crippen molar-refractivity contribution in [2.45, 2.75) is 95.3 Å². The zero-order chi connectivity index (χ0) is 23.2. The molecule has 0 radical (unpaired) electrons. The van der Waals surface area contributed by atoms with Crippen molar-refractivity contribution in [2.24, 2.45) is 0 Å². The van der Waals surface area contributed by atoms with Crippen molar-refractivity contribution in [1.29, 1.82) is 0 Å². The van der Waals surface area contributed by atoms with Gasteiger partial charge >= 0.3 is 51.4 Å². The van der Waals surface area contributed by atoms with Crippen molar-refractivity contribution in [2.75, 3.05) is 0 Å². The molecule has 0 aliphatic carbocycles. The monoisotopic (exact) mass is 500 g/mol. The summed E-state index contributed by atoms with van der Waals surface area (Å²) < 4.78 is 36.8. The topological polar surface area (TPSA) is 86.7 Å². The summed E-state index contributed by atoms with van der Waals surface area (Å²) in [5.41, 5.74) is 1.23. The Labute approximate surface area is 242 Å². The summed E-state index contributed by atoms with van der Waals surface area (Å²) in [5.74, 6) is -0.0630. The van der Waals surface area contributed by atoms with Crippen LogP contribution in [-0.2, 0) is 16.5 Å². The molecule has 0 unspecified atom stereocenters. The van der Waals surface area contributed by atoms with E-state index in [0.717, 1.165) is 18.6 Å². The van der Waals surface area contributed by atoms with E-state index >= 15 is 0 Å². The van der Waals surface area contributed by atoms with E-state index in [1.54, 1.807) is 0 Å². The van der Waals surface area contributed by atoms with Gasteiger partial charge in [0.15, 0.2) is 0 Å². The average molecular weight is 501 g/mol. The third kappa shape index (κ3) is 12.7. The fourth-order valence-electron chi connectivity index (χ4n) is 3.75. The summed E-state index contributed by atoms with van der Waals surface area (Å²) in [6.07, 6.45) is 17.1. The van der Waals surface area contributed by atoms with Crippen LogP contribution in [0.3, 0.4) is 0 Å². The molecule has 2 aromatic carbocycles. The maximum Gasteiger partial charge on any atom is 1.00 e. The Kier molecular flexibility index (Phi) is 15.9. The van der Waals surface area contributed by atoms with Crippen LogP contribution in [0, 0.1) is 0 Å². The summed E-state index contributed by atoms with van der Waals surface area (Å²) in [7, 11) is -4.40. The molecule has 0 amide bonds. The first kappa shape index (κ1) is 30.6. The summed E-state index contributed by atoms with van der Waals surface area (Å²) >= 11 is 0. The molecule has 0 heterocycles. The van der Waals surface area contributed by atoms with Gasteiger partial charge in [-0.25, -0.2) is 0 Å². The molecule has 0 spiro atoms. The van der Waals surface area contributed by atoms with Gasteiger partial charge in [-0.15, -0.1) is 0 Å². The number of hydrogen-bond donors (Lipinski definition) is 1. The number of hydrogen-bond acceptors (Lipinski definition) is 4. The molecule has 7 heteroatoms. The van der Waals surface area contributed by atoms with Gasteiger partial charge in [0, 0.05) is 0 Å². The van der Waals surface area contributed by atoms with Gasteiger partial charge in [0.2, 0.25) is 0 Å². The second kappa shape index (κ2) is 17.1. The van der Waals surface area contributed by atoms with E-state index in [9.17, 15) is 13.5 Å². The van der Waals surface area contributed by atoms with Crippen LogP contribution >= 0.6 is 0 Å². The Morgan fingerprint density at radius 2 is 1.30 bits per heavy atom. The number of ether oxygens (including phenoxy) is 1. The summed E-state index contributed by atoms with van der Waals surface area (Å²) in [6, 6.07) is 10.9. The van der Waals surface area contributed by atoms with Crippen LogP contribution in [0.4, 0.5) is 0 Å². The number of benzene rings is 2. The first-order valence-electron chi connectivity index (χ1n) is 12.0. The van der Waals surface area contributed by atoms with Crippen molar-refractivity contribution in [3.05, 3.63) is 48.0 Å². The normalized spacial score (nSPS) is 11.2. The van der Waals surface area contributed by atoms with Crippen molar-refractivity contribution in [3.8, 4) is 17.2 Å². The Morgan fingerprint density at radius 3 is 1.79 bits per heavy atom. The van der Waals surface area contributed by atoms with Gasteiger partial charge in [-0.3, -0.25) is 4.55 Å². The maximum atomic E-state index is 12.0. The van der Waals surface area contributed by atoms with Gasteiger partial charge in [-0.2, -0.15) is 8.42 Å². The molecule has 0 aliphatic heterocycles. The Balaban J connectivity index is 0.00000544. The van der Waals surface area contributed by atoms with Crippen LogP contribution in [0.15, 0.2) is 47.4 Å². The number of aryl methyl sites for hydroxylation is 1. The minimum Gasteiger partial charge on any atom is -0.870 e. The van der Waals surface area contributed by atoms with Crippen molar-refractivity contribution in [3.63, 3.8) is 0 Å². The molecule has 0 saturated carbocycles. The molecule has 5 nitrogen and oxygen atoms in total. The van der Waals surface area contributed by atoms with Crippen LogP contribution in [0.2, 0.25) is 0 Å². The van der Waals surface area contributed by atoms with Gasteiger partial charge in [-0.1, -0.05) is 95.4 Å². The molecule has 0 fully saturated rings. The molecule has 0 bridgehead atoms. The number of unbranched alkanes of at least 4 members (excludes halogenated alkanes) is 11. The van der Waals surface area contributed by atoms with E-state index in [4.69, 9.17) is 9.29 Å². The van der Waals surface area contributed by atoms with E-state index in [1.807, 2.05) is 24.3 Å². The summed E-state index contributed by atoms with van der Waals surface area (Å²) in [5, 5.41) is 12.0. The molecule has 0 aromatic heterocycles. The quantitative estimate of drug-likeness (QED) is 0.213. The van der Waals surface area contributed by atoms with Crippen LogP contribution in [0.25, 0.3) is 0 Å². The third-order valence-corrected chi connectivity index (χ3v) is 6.53. The average Bonchev–Trinajstić information content (AvgIpc) is 2.76. The van der Waals surface area contributed by atoms with Gasteiger partial charge in [-0.05, 0) is 48.7 Å². The van der Waals surface area contributed by atoms with Crippen molar-refractivity contribution >= 4 is 10.1 Å². The molecule has 0 aliphatic rings. The largest absolute Gasteiger partial charge is 1.00 e. The first-order chi connectivity index (χ1) is 15.4. The van der Waals surface area contributed by atoms with Crippen LogP contribution in [0.1, 0.15) is 89.5 Å². The Hall–Kier alpha value is -0.414. The minimum absolute atomic E-state index is 0. The van der Waals surface area contributed by atoms with Gasteiger partial charge in [0.05, 0.1) is 4.90 Å². The summed E-state index contributed by atoms with van der Waals surface area (Å²) in [6.45, 7) is 2.26. The van der Waals surface area contributed by atoms with Crippen LogP contribution in [0.5, 0.6) is 17.2 Å². The van der Waals surface area contributed by atoms with Gasteiger partial charge in [0.25, 0.3) is 10.1 Å². The van der Waals surface area contributed by atoms with Crippen molar-refractivity contribution in [1.82, 2.24) is 0 Å². The Morgan fingerprint density at radius 1 is 0.788 bits per heavy atom. The van der Waals surface area contributed by atoms with E-state index in [1.165, 1.54) is 88.7 Å². The van der Waals surface area contributed by atoms with E-state index in [0.29, 0.717) is 5.75 Å². The number of rotatable bonds is 16. The van der Waals surface area contributed by atoms with Gasteiger partial charge < -0.3 is 9.84 Å². The van der Waals surface area contributed by atoms with Gasteiger partial charge in [0.1, 0.15) is 11.5 Å². The third-order valence-electron chi connectivity index (χ3n) is 5.68. The molecule has 1 N–H and O–H groups in total. The molecule has 0 atom stereocenters. The predicted octanol–water partition coefficient (Wildman–Crippen LogP) is 4.05. The maximum absolute atomic E-state index is 12.0. The molecule has 178 valence electrons. The minimum atomic E-state index is -4.40. The van der Waals surface area contributed by atoms with Crippen LogP contribution < -0.4 is 61.2 Å². The molecular weight excluding hydrogens is 463 g/mol. The SMILES string of the molecule is CCCCCCCCCCCCCCc1ccc(Oc2ccc(S(=O)(=O)O)cc2[O-])cc1.[K+]. The van der Waals surface area contributed by atoms with Crippen molar-refractivity contribution < 1.29 is 74.2 Å². The van der Waals surface area contributed by atoms with Crippen LogP contribution in [-0.4, -0.2) is 13.0 Å². The standard InChI is InChI=1S/C26H38O5S.K/c1-2-3-4-5-6-7-8-9-10-11-12-13-14-22-15-17-23(18-16-22)31-26-20-19-24(21-25(26)27)32(28,29)30;/h15-21,27H,2-14H2,1H3,(H,28,29,30);/q;+1/p-1. The Bertz CT molecular complexity index is 897. The molecular formula is C26H37KO5S. The molecule has 2 rings (SSSR count). The van der Waals surface area contributed by atoms with E-state index in [2.05, 4.69) is 6.92 Å². The summed E-state index contributed by atoms with van der Waals surface area (Å²) in [4.78, 5) is -0.437.